The Morgan fingerprint density at radius 1 is 0.583 bits per heavy atom. The molecule has 0 saturated carbocycles. The fourth-order valence-electron chi connectivity index (χ4n) is 2.47. The molecule has 0 atom stereocenters. The van der Waals surface area contributed by atoms with Crippen molar-refractivity contribution < 1.29 is 18.9 Å². The van der Waals surface area contributed by atoms with Crippen LogP contribution in [0.4, 0.5) is 0 Å². The van der Waals surface area contributed by atoms with Gasteiger partial charge < -0.3 is 24.1 Å². The Hall–Kier alpha value is -0.200. The first-order chi connectivity index (χ1) is 11.7. The van der Waals surface area contributed by atoms with E-state index in [1.54, 1.807) is 0 Å². The zero-order valence-corrected chi connectivity index (χ0v) is 16.4. The second-order valence-electron chi connectivity index (χ2n) is 6.37. The minimum absolute atomic E-state index is 0.173. The standard InChI is InChI=1S/C19H41NO4/c1-4-7-8-9-10-11-12-14-22-16-18-24-19-17-23-15-13-20(21,5-2)6-3/h4-19H2,1-3H3. The van der Waals surface area contributed by atoms with Crippen LogP contribution in [-0.2, 0) is 14.2 Å². The Bertz CT molecular complexity index is 248. The molecule has 0 radical (unpaired) electrons. The Morgan fingerprint density at radius 3 is 1.58 bits per heavy atom. The van der Waals surface area contributed by atoms with E-state index < -0.39 is 0 Å². The quantitative estimate of drug-likeness (QED) is 0.200. The van der Waals surface area contributed by atoms with Gasteiger partial charge in [0.05, 0.1) is 46.1 Å². The lowest BCUT2D eigenvalue weighted by molar-refractivity contribution is -0.877. The van der Waals surface area contributed by atoms with Gasteiger partial charge in [-0.25, -0.2) is 0 Å². The molecule has 0 aromatic rings. The maximum Gasteiger partial charge on any atom is 0.102 e. The third-order valence-electron chi connectivity index (χ3n) is 4.43. The molecule has 5 heteroatoms. The van der Waals surface area contributed by atoms with E-state index in [0.717, 1.165) is 13.0 Å². The molecule has 0 aromatic heterocycles. The van der Waals surface area contributed by atoms with Crippen LogP contribution in [0.15, 0.2) is 0 Å². The Labute approximate surface area is 149 Å². The summed E-state index contributed by atoms with van der Waals surface area (Å²) in [5.74, 6) is 0. The predicted molar refractivity (Wildman–Crippen MR) is 100 cm³/mol. The van der Waals surface area contributed by atoms with E-state index in [1.165, 1.54) is 38.5 Å². The van der Waals surface area contributed by atoms with Crippen molar-refractivity contribution in [1.29, 1.82) is 0 Å². The molecular weight excluding hydrogens is 306 g/mol. The predicted octanol–water partition coefficient (Wildman–Crippen LogP) is 4.14. The lowest BCUT2D eigenvalue weighted by atomic mass is 10.1. The van der Waals surface area contributed by atoms with Crippen LogP contribution in [0.25, 0.3) is 0 Å². The number of rotatable bonds is 19. The van der Waals surface area contributed by atoms with Gasteiger partial charge in [-0.15, -0.1) is 0 Å². The number of hydrogen-bond donors (Lipinski definition) is 0. The summed E-state index contributed by atoms with van der Waals surface area (Å²) in [4.78, 5) is 0. The van der Waals surface area contributed by atoms with Crippen LogP contribution in [-0.4, -0.2) is 63.9 Å². The van der Waals surface area contributed by atoms with Crippen molar-refractivity contribution in [3.8, 4) is 0 Å². The highest BCUT2D eigenvalue weighted by molar-refractivity contribution is 4.45. The summed E-state index contributed by atoms with van der Waals surface area (Å²) in [5, 5.41) is 12.0. The molecule has 0 aliphatic heterocycles. The van der Waals surface area contributed by atoms with Crippen LogP contribution < -0.4 is 0 Å². The van der Waals surface area contributed by atoms with Crippen LogP contribution in [0.2, 0.25) is 0 Å². The molecule has 0 rings (SSSR count). The molecule has 0 saturated heterocycles. The SMILES string of the molecule is CCCCCCCCCOCCOCCOCC[N+]([O-])(CC)CC. The lowest BCUT2D eigenvalue weighted by Crippen LogP contribution is -2.44. The average Bonchev–Trinajstić information content (AvgIpc) is 2.61. The molecule has 0 N–H and O–H groups in total. The van der Waals surface area contributed by atoms with Gasteiger partial charge in [0.25, 0.3) is 0 Å². The maximum absolute atomic E-state index is 12.0. The molecule has 0 aliphatic carbocycles. The van der Waals surface area contributed by atoms with E-state index in [4.69, 9.17) is 14.2 Å². The van der Waals surface area contributed by atoms with Gasteiger partial charge in [-0.05, 0) is 20.3 Å². The molecule has 0 unspecified atom stereocenters. The van der Waals surface area contributed by atoms with Gasteiger partial charge in [-0.2, -0.15) is 0 Å². The van der Waals surface area contributed by atoms with Crippen molar-refractivity contribution in [1.82, 2.24) is 0 Å². The van der Waals surface area contributed by atoms with E-state index in [-0.39, 0.29) is 4.65 Å². The molecule has 24 heavy (non-hydrogen) atoms. The minimum Gasteiger partial charge on any atom is -0.633 e. The van der Waals surface area contributed by atoms with E-state index in [0.29, 0.717) is 52.7 Å². The highest BCUT2D eigenvalue weighted by Gasteiger charge is 2.10. The fraction of sp³-hybridized carbons (Fsp3) is 1.00. The third kappa shape index (κ3) is 15.3. The summed E-state index contributed by atoms with van der Waals surface area (Å²) < 4.78 is 16.3. The van der Waals surface area contributed by atoms with Crippen LogP contribution in [0.3, 0.4) is 0 Å². The number of nitrogens with zero attached hydrogens (tertiary/aromatic N) is 1. The smallest absolute Gasteiger partial charge is 0.102 e. The van der Waals surface area contributed by atoms with E-state index in [2.05, 4.69) is 6.92 Å². The molecule has 0 aliphatic rings. The highest BCUT2D eigenvalue weighted by atomic mass is 16.6. The summed E-state index contributed by atoms with van der Waals surface area (Å²) in [5.41, 5.74) is 0. The van der Waals surface area contributed by atoms with E-state index in [1.807, 2.05) is 13.8 Å². The Morgan fingerprint density at radius 2 is 1.04 bits per heavy atom. The van der Waals surface area contributed by atoms with Gasteiger partial charge in [0, 0.05) is 6.61 Å². The number of hydrogen-bond acceptors (Lipinski definition) is 4. The first-order valence-electron chi connectivity index (χ1n) is 9.98. The van der Waals surface area contributed by atoms with Crippen molar-refractivity contribution >= 4 is 0 Å². The largest absolute Gasteiger partial charge is 0.633 e. The fourth-order valence-corrected chi connectivity index (χ4v) is 2.47. The monoisotopic (exact) mass is 347 g/mol. The minimum atomic E-state index is -0.173. The summed E-state index contributed by atoms with van der Waals surface area (Å²) >= 11 is 0. The number of ether oxygens (including phenoxy) is 3. The second kappa shape index (κ2) is 17.6. The number of quaternary nitrogens is 1. The topological polar surface area (TPSA) is 50.8 Å². The number of likely N-dealkylation sites (N-methyl/N-ethyl adjacent to an activating group) is 1. The molecule has 5 nitrogen and oxygen atoms in total. The molecule has 146 valence electrons. The van der Waals surface area contributed by atoms with Gasteiger partial charge in [0.1, 0.15) is 6.54 Å². The van der Waals surface area contributed by atoms with Gasteiger partial charge in [-0.1, -0.05) is 45.4 Å². The van der Waals surface area contributed by atoms with Gasteiger partial charge in [0.2, 0.25) is 0 Å². The van der Waals surface area contributed by atoms with Crippen LogP contribution in [0.1, 0.15) is 65.7 Å². The Kier molecular flexibility index (Phi) is 17.5. The summed E-state index contributed by atoms with van der Waals surface area (Å²) in [7, 11) is 0. The van der Waals surface area contributed by atoms with Gasteiger partial charge >= 0.3 is 0 Å². The first-order valence-corrected chi connectivity index (χ1v) is 9.98. The van der Waals surface area contributed by atoms with Crippen LogP contribution in [0.5, 0.6) is 0 Å². The molecule has 0 fully saturated rings. The number of unbranched alkanes of at least 4 members (excludes halogenated alkanes) is 6. The van der Waals surface area contributed by atoms with Crippen molar-refractivity contribution in [2.75, 3.05) is 59.3 Å². The summed E-state index contributed by atoms with van der Waals surface area (Å²) in [6.07, 6.45) is 9.16. The molecule has 0 amide bonds. The van der Waals surface area contributed by atoms with Gasteiger partial charge in [-0.3, -0.25) is 0 Å². The highest BCUT2D eigenvalue weighted by Crippen LogP contribution is 2.06. The van der Waals surface area contributed by atoms with Crippen molar-refractivity contribution in [3.05, 3.63) is 5.21 Å². The normalized spacial score (nSPS) is 12.0. The third-order valence-corrected chi connectivity index (χ3v) is 4.43. The van der Waals surface area contributed by atoms with Crippen LogP contribution in [0, 0.1) is 5.21 Å². The first kappa shape index (κ1) is 23.8. The maximum atomic E-state index is 12.0. The van der Waals surface area contributed by atoms with Crippen LogP contribution >= 0.6 is 0 Å². The van der Waals surface area contributed by atoms with E-state index >= 15 is 0 Å². The second-order valence-corrected chi connectivity index (χ2v) is 6.37. The number of hydroxylamine groups is 3. The molecule has 0 bridgehead atoms. The summed E-state index contributed by atoms with van der Waals surface area (Å²) in [6.45, 7) is 11.5. The van der Waals surface area contributed by atoms with Crippen molar-refractivity contribution in [2.24, 2.45) is 0 Å². The van der Waals surface area contributed by atoms with Gasteiger partial charge in [0.15, 0.2) is 0 Å². The lowest BCUT2D eigenvalue weighted by Gasteiger charge is -2.40. The Balaban J connectivity index is 3.13. The molecule has 0 heterocycles. The zero-order valence-electron chi connectivity index (χ0n) is 16.4. The molecule has 0 spiro atoms. The molecular formula is C19H41NO4. The van der Waals surface area contributed by atoms with Crippen molar-refractivity contribution in [3.63, 3.8) is 0 Å². The van der Waals surface area contributed by atoms with E-state index in [9.17, 15) is 5.21 Å². The van der Waals surface area contributed by atoms with Crippen molar-refractivity contribution in [2.45, 2.75) is 65.7 Å². The summed E-state index contributed by atoms with van der Waals surface area (Å²) in [6, 6.07) is 0. The zero-order chi connectivity index (χ0) is 17.9. The molecule has 0 aromatic carbocycles. The average molecular weight is 348 g/mol.